The van der Waals surface area contributed by atoms with Crippen LogP contribution in [0.3, 0.4) is 0 Å². The van der Waals surface area contributed by atoms with Crippen molar-refractivity contribution < 1.29 is 18.3 Å². The number of hydrogen-bond acceptors (Lipinski definition) is 6. The van der Waals surface area contributed by atoms with Gasteiger partial charge in [-0.25, -0.2) is 9.97 Å². The van der Waals surface area contributed by atoms with Gasteiger partial charge in [-0.15, -0.1) is 0 Å². The van der Waals surface area contributed by atoms with Crippen LogP contribution in [0.5, 0.6) is 5.88 Å². The Labute approximate surface area is 205 Å². The number of hydrogen-bond donors (Lipinski definition) is 2. The van der Waals surface area contributed by atoms with E-state index in [-0.39, 0.29) is 23.7 Å². The quantitative estimate of drug-likeness (QED) is 0.369. The van der Waals surface area contributed by atoms with Gasteiger partial charge in [0.1, 0.15) is 11.3 Å². The van der Waals surface area contributed by atoms with Crippen molar-refractivity contribution in [2.24, 2.45) is 5.92 Å². The number of rotatable bonds is 9. The lowest BCUT2D eigenvalue weighted by molar-refractivity contribution is -0.0518. The fourth-order valence-corrected chi connectivity index (χ4v) is 4.25. The molecule has 1 fully saturated rings. The third-order valence-corrected chi connectivity index (χ3v) is 6.33. The molecule has 0 unspecified atom stereocenters. The minimum absolute atomic E-state index is 0.0455. The molecule has 2 N–H and O–H groups in total. The van der Waals surface area contributed by atoms with Crippen LogP contribution in [-0.2, 0) is 13.1 Å². The zero-order valence-corrected chi connectivity index (χ0v) is 19.4. The van der Waals surface area contributed by atoms with Gasteiger partial charge in [0.2, 0.25) is 5.88 Å². The molecule has 0 radical (unpaired) electrons. The number of carbonyl (C=O) groups excluding carboxylic acids is 1. The summed E-state index contributed by atoms with van der Waals surface area (Å²) < 4.78 is 32.1. The second-order valence-corrected chi connectivity index (χ2v) is 8.87. The monoisotopic (exact) mass is 493 g/mol. The van der Waals surface area contributed by atoms with Crippen molar-refractivity contribution >= 4 is 22.3 Å². The van der Waals surface area contributed by atoms with Crippen molar-refractivity contribution in [1.29, 1.82) is 0 Å². The molecule has 4 aromatic rings. The van der Waals surface area contributed by atoms with Crippen LogP contribution < -0.4 is 20.9 Å². The van der Waals surface area contributed by atoms with Gasteiger partial charge in [0.05, 0.1) is 12.2 Å². The van der Waals surface area contributed by atoms with E-state index < -0.39 is 12.5 Å². The van der Waals surface area contributed by atoms with E-state index in [4.69, 9.17) is 0 Å². The first-order chi connectivity index (χ1) is 17.5. The maximum absolute atomic E-state index is 13.1. The number of halogens is 2. The Morgan fingerprint density at radius 3 is 2.75 bits per heavy atom. The molecule has 3 aromatic heterocycles. The number of fused-ring (bicyclic) bond motifs is 2. The zero-order valence-electron chi connectivity index (χ0n) is 19.4. The van der Waals surface area contributed by atoms with E-state index in [1.807, 2.05) is 12.1 Å². The van der Waals surface area contributed by atoms with Crippen LogP contribution in [0, 0.1) is 5.92 Å². The molecule has 186 valence electrons. The Hall–Kier alpha value is -3.92. The number of aromatic nitrogens is 3. The van der Waals surface area contributed by atoms with Crippen LogP contribution in [0.25, 0.3) is 16.4 Å². The third-order valence-electron chi connectivity index (χ3n) is 6.33. The first-order valence-corrected chi connectivity index (χ1v) is 11.8. The fourth-order valence-electron chi connectivity index (χ4n) is 4.25. The second kappa shape index (κ2) is 10.4. The Morgan fingerprint density at radius 1 is 1.11 bits per heavy atom. The van der Waals surface area contributed by atoms with Crippen molar-refractivity contribution in [3.63, 3.8) is 0 Å². The Bertz CT molecular complexity index is 1470. The summed E-state index contributed by atoms with van der Waals surface area (Å²) in [5.74, 6) is -0.0577. The van der Waals surface area contributed by atoms with Gasteiger partial charge < -0.3 is 15.4 Å². The van der Waals surface area contributed by atoms with Crippen LogP contribution in [0.4, 0.5) is 8.78 Å². The molecule has 1 saturated carbocycles. The highest BCUT2D eigenvalue weighted by Crippen LogP contribution is 2.28. The van der Waals surface area contributed by atoms with Crippen LogP contribution in [0.2, 0.25) is 0 Å². The normalized spacial score (nSPS) is 13.8. The molecule has 1 amide bonds. The van der Waals surface area contributed by atoms with Gasteiger partial charge in [-0.2, -0.15) is 8.78 Å². The van der Waals surface area contributed by atoms with Crippen LogP contribution in [0.1, 0.15) is 41.0 Å². The topological polar surface area (TPSA) is 97.6 Å². The summed E-state index contributed by atoms with van der Waals surface area (Å²) in [6.07, 6.45) is 5.36. The molecule has 0 atom stereocenters. The number of benzene rings is 1. The maximum Gasteiger partial charge on any atom is 0.388 e. The summed E-state index contributed by atoms with van der Waals surface area (Å²) in [5.41, 5.74) is 1.25. The summed E-state index contributed by atoms with van der Waals surface area (Å²) in [7, 11) is 0. The lowest BCUT2D eigenvalue weighted by Crippen LogP contribution is -2.27. The second-order valence-electron chi connectivity index (χ2n) is 8.87. The van der Waals surface area contributed by atoms with Gasteiger partial charge in [0, 0.05) is 24.2 Å². The third kappa shape index (κ3) is 5.33. The molecule has 0 aliphatic heterocycles. The van der Waals surface area contributed by atoms with Gasteiger partial charge in [-0.3, -0.25) is 14.0 Å². The van der Waals surface area contributed by atoms with E-state index in [9.17, 15) is 18.4 Å². The number of pyridine rings is 2. The first kappa shape index (κ1) is 23.8. The van der Waals surface area contributed by atoms with E-state index in [0.717, 1.165) is 24.1 Å². The number of ether oxygens (including phenoxy) is 1. The van der Waals surface area contributed by atoms with Crippen molar-refractivity contribution in [2.45, 2.75) is 39.0 Å². The fraction of sp³-hybridized carbons (Fsp3) is 0.308. The summed E-state index contributed by atoms with van der Waals surface area (Å²) in [5, 5.41) is 7.24. The van der Waals surface area contributed by atoms with Crippen molar-refractivity contribution in [2.75, 3.05) is 6.54 Å². The molecule has 8 nitrogen and oxygen atoms in total. The van der Waals surface area contributed by atoms with E-state index in [1.54, 1.807) is 36.5 Å². The predicted molar refractivity (Wildman–Crippen MR) is 130 cm³/mol. The molecule has 0 spiro atoms. The average molecular weight is 494 g/mol. The molecule has 5 rings (SSSR count). The lowest BCUT2D eigenvalue weighted by atomic mass is 9.85. The molecular weight excluding hydrogens is 468 g/mol. The maximum atomic E-state index is 13.1. The number of amides is 1. The zero-order chi connectivity index (χ0) is 25.1. The van der Waals surface area contributed by atoms with Crippen molar-refractivity contribution in [3.8, 4) is 5.88 Å². The minimum Gasteiger partial charge on any atom is -0.416 e. The predicted octanol–water partition coefficient (Wildman–Crippen LogP) is 3.66. The lowest BCUT2D eigenvalue weighted by Gasteiger charge is -2.25. The largest absolute Gasteiger partial charge is 0.416 e. The Morgan fingerprint density at radius 2 is 1.97 bits per heavy atom. The molecule has 1 aliphatic carbocycles. The summed E-state index contributed by atoms with van der Waals surface area (Å²) in [6.45, 7) is -1.48. The molecule has 0 saturated heterocycles. The van der Waals surface area contributed by atoms with Crippen molar-refractivity contribution in [1.82, 2.24) is 25.0 Å². The molecule has 10 heteroatoms. The number of alkyl halides is 2. The average Bonchev–Trinajstić information content (AvgIpc) is 2.83. The molecule has 1 aromatic carbocycles. The summed E-state index contributed by atoms with van der Waals surface area (Å²) >= 11 is 0. The molecular formula is C26H25F2N5O3. The SMILES string of the molecule is O=C(NCc1cc2cc(CNCC3CCC3)ccc2c(OC(F)F)n1)c1cc(=O)n2ccccc2n1. The van der Waals surface area contributed by atoms with E-state index in [1.165, 1.54) is 23.7 Å². The Kier molecular flexibility index (Phi) is 6.86. The van der Waals surface area contributed by atoms with Crippen molar-refractivity contribution in [3.05, 3.63) is 82.0 Å². The minimum atomic E-state index is -3.04. The van der Waals surface area contributed by atoms with E-state index in [0.29, 0.717) is 28.7 Å². The van der Waals surface area contributed by atoms with Gasteiger partial charge in [-0.05, 0) is 66.6 Å². The summed E-state index contributed by atoms with van der Waals surface area (Å²) in [6, 6.07) is 13.4. The standard InChI is InChI=1S/C26H25F2N5O3/c27-26(28)36-25-20-8-7-17(14-29-13-16-4-3-5-16)10-18(20)11-19(31-25)15-30-24(35)21-12-23(34)33-9-2-1-6-22(33)32-21/h1-2,6-12,16,26,29H,3-5,13-15H2,(H,30,35). The number of nitrogens with zero attached hydrogens (tertiary/aromatic N) is 3. The first-order valence-electron chi connectivity index (χ1n) is 11.8. The molecule has 3 heterocycles. The van der Waals surface area contributed by atoms with Gasteiger partial charge in [-0.1, -0.05) is 18.6 Å². The van der Waals surface area contributed by atoms with Crippen LogP contribution >= 0.6 is 0 Å². The van der Waals surface area contributed by atoms with Gasteiger partial charge >= 0.3 is 6.61 Å². The highest BCUT2D eigenvalue weighted by molar-refractivity contribution is 5.92. The molecule has 36 heavy (non-hydrogen) atoms. The van der Waals surface area contributed by atoms with Gasteiger partial charge in [0.25, 0.3) is 11.5 Å². The molecule has 0 bridgehead atoms. The highest BCUT2D eigenvalue weighted by atomic mass is 19.3. The van der Waals surface area contributed by atoms with Gasteiger partial charge in [0.15, 0.2) is 0 Å². The smallest absolute Gasteiger partial charge is 0.388 e. The van der Waals surface area contributed by atoms with Crippen LogP contribution in [-0.4, -0.2) is 33.4 Å². The Balaban J connectivity index is 1.35. The van der Waals surface area contributed by atoms with Crippen LogP contribution in [0.15, 0.2) is 59.5 Å². The van der Waals surface area contributed by atoms with E-state index >= 15 is 0 Å². The summed E-state index contributed by atoms with van der Waals surface area (Å²) in [4.78, 5) is 33.4. The highest BCUT2D eigenvalue weighted by Gasteiger charge is 2.17. The van der Waals surface area contributed by atoms with E-state index in [2.05, 4.69) is 25.3 Å². The number of nitrogens with one attached hydrogen (secondary N) is 2. The molecule has 1 aliphatic rings. The number of carbonyl (C=O) groups is 1.